The van der Waals surface area contributed by atoms with Gasteiger partial charge in [-0.2, -0.15) is 0 Å². The third-order valence-corrected chi connectivity index (χ3v) is 9.32. The van der Waals surface area contributed by atoms with Gasteiger partial charge >= 0.3 is 19.8 Å². The SMILES string of the molecule is CC/C=C\C/C=C\C/C=C\C/C=C\CCCCCCCCCCC(=O)OC(COCCCCCCCCCCC)COP(=O)(O)OCC(N)C(=O)O. The van der Waals surface area contributed by atoms with Crippen molar-refractivity contribution < 1.29 is 42.7 Å². The number of aliphatic carboxylic acids is 1. The fourth-order valence-corrected chi connectivity index (χ4v) is 6.02. The third-order valence-electron chi connectivity index (χ3n) is 8.37. The Morgan fingerprint density at radius 3 is 1.67 bits per heavy atom. The van der Waals surface area contributed by atoms with E-state index in [2.05, 4.69) is 67.0 Å². The molecule has 0 aliphatic heterocycles. The Kier molecular flexibility index (Phi) is 35.8. The van der Waals surface area contributed by atoms with Gasteiger partial charge in [0.25, 0.3) is 0 Å². The summed E-state index contributed by atoms with van der Waals surface area (Å²) < 4.78 is 33.2. The predicted molar refractivity (Wildman–Crippen MR) is 212 cm³/mol. The van der Waals surface area contributed by atoms with Gasteiger partial charge in [-0.1, -0.05) is 152 Å². The fourth-order valence-electron chi connectivity index (χ4n) is 5.24. The third kappa shape index (κ3) is 36.3. The van der Waals surface area contributed by atoms with Crippen LogP contribution in [0.2, 0.25) is 0 Å². The molecule has 0 amide bonds. The highest BCUT2D eigenvalue weighted by molar-refractivity contribution is 7.47. The number of carbonyl (C=O) groups excluding carboxylic acids is 1. The first-order valence-corrected chi connectivity index (χ1v) is 21.7. The molecule has 10 nitrogen and oxygen atoms in total. The van der Waals surface area contributed by atoms with Crippen LogP contribution in [0.15, 0.2) is 48.6 Å². The summed E-state index contributed by atoms with van der Waals surface area (Å²) in [6, 6.07) is -1.47. The number of nitrogens with two attached hydrogens (primary N) is 1. The van der Waals surface area contributed by atoms with Crippen molar-refractivity contribution in [3.8, 4) is 0 Å². The first-order chi connectivity index (χ1) is 25.2. The summed E-state index contributed by atoms with van der Waals surface area (Å²) in [6.07, 6.45) is 41.7. The van der Waals surface area contributed by atoms with Crippen LogP contribution in [0.4, 0.5) is 0 Å². The summed E-state index contributed by atoms with van der Waals surface area (Å²) in [5.41, 5.74) is 5.34. The van der Waals surface area contributed by atoms with Crippen LogP contribution in [0.5, 0.6) is 0 Å². The highest BCUT2D eigenvalue weighted by Gasteiger charge is 2.27. The number of hydrogen-bond donors (Lipinski definition) is 3. The molecular weight excluding hydrogens is 681 g/mol. The van der Waals surface area contributed by atoms with Crippen LogP contribution in [0.1, 0.15) is 162 Å². The Morgan fingerprint density at radius 2 is 1.12 bits per heavy atom. The van der Waals surface area contributed by atoms with Gasteiger partial charge in [-0.25, -0.2) is 4.57 Å². The maximum Gasteiger partial charge on any atom is 0.472 e. The average Bonchev–Trinajstić information content (AvgIpc) is 3.12. The van der Waals surface area contributed by atoms with Crippen LogP contribution >= 0.6 is 7.82 Å². The smallest absolute Gasteiger partial charge is 0.472 e. The van der Waals surface area contributed by atoms with Gasteiger partial charge in [0.2, 0.25) is 0 Å². The molecule has 0 spiro atoms. The number of ether oxygens (including phenoxy) is 2. The molecule has 52 heavy (non-hydrogen) atoms. The lowest BCUT2D eigenvalue weighted by Gasteiger charge is -2.20. The molecular formula is C41H74NO9P. The van der Waals surface area contributed by atoms with E-state index in [1.54, 1.807) is 0 Å². The second-order valence-corrected chi connectivity index (χ2v) is 14.8. The van der Waals surface area contributed by atoms with Crippen LogP contribution in [0.25, 0.3) is 0 Å². The Balaban J connectivity index is 4.20. The van der Waals surface area contributed by atoms with E-state index in [0.717, 1.165) is 70.6 Å². The number of carbonyl (C=O) groups is 2. The van der Waals surface area contributed by atoms with E-state index in [1.165, 1.54) is 64.2 Å². The Hall–Kier alpha value is -2.07. The number of phosphoric acid groups is 1. The van der Waals surface area contributed by atoms with Crippen LogP contribution in [0.3, 0.4) is 0 Å². The largest absolute Gasteiger partial charge is 0.480 e. The van der Waals surface area contributed by atoms with E-state index in [1.807, 2.05) is 0 Å². The summed E-state index contributed by atoms with van der Waals surface area (Å²) in [6.45, 7) is 3.73. The van der Waals surface area contributed by atoms with Crippen molar-refractivity contribution in [2.75, 3.05) is 26.4 Å². The Labute approximate surface area is 316 Å². The summed E-state index contributed by atoms with van der Waals surface area (Å²) in [7, 11) is -4.61. The zero-order valence-corrected chi connectivity index (χ0v) is 33.5. The molecule has 0 aromatic rings. The lowest BCUT2D eigenvalue weighted by Crippen LogP contribution is -2.34. The predicted octanol–water partition coefficient (Wildman–Crippen LogP) is 10.7. The van der Waals surface area contributed by atoms with Crippen molar-refractivity contribution in [2.45, 2.75) is 174 Å². The maximum absolute atomic E-state index is 12.6. The van der Waals surface area contributed by atoms with E-state index < -0.39 is 45.1 Å². The van der Waals surface area contributed by atoms with Gasteiger partial charge in [0.05, 0.1) is 19.8 Å². The van der Waals surface area contributed by atoms with Crippen LogP contribution < -0.4 is 5.73 Å². The quantitative estimate of drug-likeness (QED) is 0.0240. The number of allylic oxidation sites excluding steroid dienone is 8. The first kappa shape index (κ1) is 49.9. The van der Waals surface area contributed by atoms with E-state index in [4.69, 9.17) is 24.8 Å². The molecule has 0 fully saturated rings. The molecule has 0 radical (unpaired) electrons. The van der Waals surface area contributed by atoms with Gasteiger partial charge in [-0.15, -0.1) is 0 Å². The van der Waals surface area contributed by atoms with E-state index in [0.29, 0.717) is 13.0 Å². The summed E-state index contributed by atoms with van der Waals surface area (Å²) in [5, 5.41) is 8.86. The van der Waals surface area contributed by atoms with E-state index >= 15 is 0 Å². The van der Waals surface area contributed by atoms with Gasteiger partial charge < -0.3 is 25.2 Å². The van der Waals surface area contributed by atoms with Crippen molar-refractivity contribution in [3.05, 3.63) is 48.6 Å². The van der Waals surface area contributed by atoms with Crippen LogP contribution in [0, 0.1) is 0 Å². The lowest BCUT2D eigenvalue weighted by molar-refractivity contribution is -0.154. The topological polar surface area (TPSA) is 155 Å². The number of hydrogen-bond acceptors (Lipinski definition) is 8. The van der Waals surface area contributed by atoms with E-state index in [-0.39, 0.29) is 13.0 Å². The highest BCUT2D eigenvalue weighted by Crippen LogP contribution is 2.43. The lowest BCUT2D eigenvalue weighted by atomic mass is 10.1. The van der Waals surface area contributed by atoms with E-state index in [9.17, 15) is 19.0 Å². The number of rotatable bonds is 38. The zero-order valence-electron chi connectivity index (χ0n) is 32.6. The summed E-state index contributed by atoms with van der Waals surface area (Å²) in [4.78, 5) is 33.4. The molecule has 11 heteroatoms. The van der Waals surface area contributed by atoms with Gasteiger partial charge in [0.15, 0.2) is 0 Å². The van der Waals surface area contributed by atoms with Gasteiger partial charge in [-0.05, 0) is 51.4 Å². The molecule has 0 aliphatic rings. The van der Waals surface area contributed by atoms with Crippen molar-refractivity contribution in [3.63, 3.8) is 0 Å². The van der Waals surface area contributed by atoms with Crippen LogP contribution in [-0.2, 0) is 32.7 Å². The molecule has 0 saturated heterocycles. The number of unbranched alkanes of at least 4 members (excludes halogenated alkanes) is 16. The monoisotopic (exact) mass is 756 g/mol. The molecule has 0 rings (SSSR count). The summed E-state index contributed by atoms with van der Waals surface area (Å²) in [5.74, 6) is -1.79. The molecule has 0 aromatic carbocycles. The Morgan fingerprint density at radius 1 is 0.635 bits per heavy atom. The van der Waals surface area contributed by atoms with Gasteiger partial charge in [0, 0.05) is 13.0 Å². The number of esters is 1. The molecule has 0 aliphatic carbocycles. The number of carboxylic acids is 1. The van der Waals surface area contributed by atoms with Crippen molar-refractivity contribution in [2.24, 2.45) is 5.73 Å². The number of phosphoric ester groups is 1. The normalized spacial score (nSPS) is 14.5. The second-order valence-electron chi connectivity index (χ2n) is 13.4. The minimum Gasteiger partial charge on any atom is -0.480 e. The molecule has 0 bridgehead atoms. The minimum absolute atomic E-state index is 0.0136. The zero-order chi connectivity index (χ0) is 38.4. The molecule has 302 valence electrons. The first-order valence-electron chi connectivity index (χ1n) is 20.2. The van der Waals surface area contributed by atoms with Crippen molar-refractivity contribution >= 4 is 19.8 Å². The molecule has 3 unspecified atom stereocenters. The maximum atomic E-state index is 12.6. The highest BCUT2D eigenvalue weighted by atomic mass is 31.2. The standard InChI is InChI=1S/C41H74NO9P/c1-3-5-7-9-11-13-14-15-16-17-18-19-20-21-22-23-24-25-27-29-31-33-40(43)51-38(36-49-52(46,47)50-37-39(42)41(44)45)35-48-34-32-30-28-26-12-10-8-6-4-2/h5,7,11,13,15-16,18-19,38-39H,3-4,6,8-10,12,14,17,20-37,42H2,1-2H3,(H,44,45)(H,46,47)/b7-5-,13-11-,16-15-,19-18-. The van der Waals surface area contributed by atoms with Crippen LogP contribution in [-0.4, -0.2) is 60.5 Å². The molecule has 3 atom stereocenters. The number of carboxylic acid groups (broad SMARTS) is 1. The molecule has 0 saturated carbocycles. The van der Waals surface area contributed by atoms with Crippen molar-refractivity contribution in [1.82, 2.24) is 0 Å². The second kappa shape index (κ2) is 37.3. The summed E-state index contributed by atoms with van der Waals surface area (Å²) >= 11 is 0. The fraction of sp³-hybridized carbons (Fsp3) is 0.756. The minimum atomic E-state index is -4.61. The van der Waals surface area contributed by atoms with Crippen molar-refractivity contribution in [1.29, 1.82) is 0 Å². The molecule has 0 aromatic heterocycles. The Bertz CT molecular complexity index is 1010. The molecule has 0 heterocycles. The molecule has 4 N–H and O–H groups in total. The van der Waals surface area contributed by atoms with Gasteiger partial charge in [-0.3, -0.25) is 18.6 Å². The average molecular weight is 756 g/mol. The van der Waals surface area contributed by atoms with Gasteiger partial charge in [0.1, 0.15) is 12.1 Å².